The number of carbonyl (C=O) groups excluding carboxylic acids is 1. The molecule has 6 heteroatoms. The number of benzene rings is 2. The van der Waals surface area contributed by atoms with E-state index >= 15 is 0 Å². The minimum atomic E-state index is -3.63. The largest absolute Gasteiger partial charge is 0.378 e. The fourth-order valence-corrected chi connectivity index (χ4v) is 4.18. The van der Waals surface area contributed by atoms with Gasteiger partial charge in [-0.05, 0) is 36.8 Å². The van der Waals surface area contributed by atoms with Crippen LogP contribution in [0, 0.1) is 6.92 Å². The summed E-state index contributed by atoms with van der Waals surface area (Å²) in [5.41, 5.74) is 2.63. The highest BCUT2D eigenvalue weighted by Gasteiger charge is 2.29. The molecule has 0 bridgehead atoms. The monoisotopic (exact) mass is 360 g/mol. The van der Waals surface area contributed by atoms with Crippen LogP contribution >= 0.6 is 0 Å². The number of aryl methyl sites for hydroxylation is 1. The fraction of sp³-hybridized carbons (Fsp3) is 0.316. The summed E-state index contributed by atoms with van der Waals surface area (Å²) in [5.74, 6) is -0.256. The molecule has 0 saturated heterocycles. The van der Waals surface area contributed by atoms with Crippen LogP contribution in [0.15, 0.2) is 53.4 Å². The Morgan fingerprint density at radius 1 is 1.04 bits per heavy atom. The predicted molar refractivity (Wildman–Crippen MR) is 101 cm³/mol. The smallest absolute Gasteiger partial charge is 0.216 e. The standard InChI is InChI=1S/C19H24N2O3S/c1-14-5-11-18(12-6-14)25(23,24)19(13-20-15(2)22)16-7-9-17(10-8-16)21(3)4/h5-12,19H,13H2,1-4H3,(H,20,22)/t19-/m0/s1. The van der Waals surface area contributed by atoms with Gasteiger partial charge in [-0.1, -0.05) is 29.8 Å². The maximum absolute atomic E-state index is 13.1. The molecule has 0 fully saturated rings. The van der Waals surface area contributed by atoms with Gasteiger partial charge in [-0.3, -0.25) is 4.79 Å². The number of nitrogens with one attached hydrogen (secondary N) is 1. The zero-order chi connectivity index (χ0) is 18.6. The Kier molecular flexibility index (Phi) is 5.85. The number of sulfone groups is 1. The molecule has 0 aromatic heterocycles. The van der Waals surface area contributed by atoms with Crippen molar-refractivity contribution in [2.75, 3.05) is 25.5 Å². The highest BCUT2D eigenvalue weighted by molar-refractivity contribution is 7.91. The molecule has 0 unspecified atom stereocenters. The van der Waals surface area contributed by atoms with Crippen LogP contribution in [-0.4, -0.2) is 35.0 Å². The topological polar surface area (TPSA) is 66.5 Å². The Morgan fingerprint density at radius 2 is 1.60 bits per heavy atom. The molecule has 1 atom stereocenters. The van der Waals surface area contributed by atoms with Gasteiger partial charge in [0.2, 0.25) is 5.91 Å². The summed E-state index contributed by atoms with van der Waals surface area (Å²) >= 11 is 0. The van der Waals surface area contributed by atoms with Crippen LogP contribution in [0.2, 0.25) is 0 Å². The minimum absolute atomic E-state index is 0.0346. The lowest BCUT2D eigenvalue weighted by molar-refractivity contribution is -0.118. The van der Waals surface area contributed by atoms with E-state index in [2.05, 4.69) is 5.32 Å². The van der Waals surface area contributed by atoms with Gasteiger partial charge in [0.15, 0.2) is 9.84 Å². The molecule has 0 saturated carbocycles. The Morgan fingerprint density at radius 3 is 2.08 bits per heavy atom. The molecule has 0 spiro atoms. The van der Waals surface area contributed by atoms with Gasteiger partial charge in [-0.25, -0.2) is 8.42 Å². The number of carbonyl (C=O) groups is 1. The van der Waals surface area contributed by atoms with Crippen molar-refractivity contribution in [3.63, 3.8) is 0 Å². The average molecular weight is 360 g/mol. The van der Waals surface area contributed by atoms with Crippen LogP contribution in [-0.2, 0) is 14.6 Å². The number of amides is 1. The van der Waals surface area contributed by atoms with Crippen molar-refractivity contribution in [3.05, 3.63) is 59.7 Å². The molecule has 0 aliphatic rings. The summed E-state index contributed by atoms with van der Waals surface area (Å²) in [6.07, 6.45) is 0. The van der Waals surface area contributed by atoms with Crippen molar-refractivity contribution in [1.29, 1.82) is 0 Å². The molecule has 2 aromatic carbocycles. The quantitative estimate of drug-likeness (QED) is 0.860. The molecular weight excluding hydrogens is 336 g/mol. The first-order chi connectivity index (χ1) is 11.7. The summed E-state index contributed by atoms with van der Waals surface area (Å²) in [4.78, 5) is 13.5. The molecule has 25 heavy (non-hydrogen) atoms. The Labute approximate surface area is 149 Å². The summed E-state index contributed by atoms with van der Waals surface area (Å²) in [6, 6.07) is 14.1. The van der Waals surface area contributed by atoms with E-state index in [0.717, 1.165) is 11.3 Å². The molecule has 1 N–H and O–H groups in total. The number of nitrogens with zero attached hydrogens (tertiary/aromatic N) is 1. The summed E-state index contributed by atoms with van der Waals surface area (Å²) in [7, 11) is 0.219. The molecule has 134 valence electrons. The molecule has 2 rings (SSSR count). The molecular formula is C19H24N2O3S. The molecule has 1 amide bonds. The highest BCUT2D eigenvalue weighted by atomic mass is 32.2. The summed E-state index contributed by atoms with van der Waals surface area (Å²) in [5, 5.41) is 1.80. The van der Waals surface area contributed by atoms with E-state index in [1.165, 1.54) is 6.92 Å². The number of hydrogen-bond donors (Lipinski definition) is 1. The van der Waals surface area contributed by atoms with Gasteiger partial charge in [0, 0.05) is 33.3 Å². The predicted octanol–water partition coefficient (Wildman–Crippen LogP) is 2.71. The van der Waals surface area contributed by atoms with Crippen molar-refractivity contribution in [3.8, 4) is 0 Å². The van der Waals surface area contributed by atoms with Crippen LogP contribution in [0.1, 0.15) is 23.3 Å². The van der Waals surface area contributed by atoms with E-state index in [4.69, 9.17) is 0 Å². The van der Waals surface area contributed by atoms with Gasteiger partial charge >= 0.3 is 0 Å². The number of hydrogen-bond acceptors (Lipinski definition) is 4. The Balaban J connectivity index is 2.44. The molecule has 0 radical (unpaired) electrons. The van der Waals surface area contributed by atoms with E-state index in [1.807, 2.05) is 38.1 Å². The summed E-state index contributed by atoms with van der Waals surface area (Å²) < 4.78 is 26.2. The molecule has 0 aliphatic carbocycles. The van der Waals surface area contributed by atoms with Crippen molar-refractivity contribution in [2.45, 2.75) is 24.0 Å². The van der Waals surface area contributed by atoms with Crippen molar-refractivity contribution < 1.29 is 13.2 Å². The van der Waals surface area contributed by atoms with Crippen LogP contribution < -0.4 is 10.2 Å². The number of rotatable bonds is 6. The molecule has 5 nitrogen and oxygen atoms in total. The lowest BCUT2D eigenvalue weighted by atomic mass is 10.1. The van der Waals surface area contributed by atoms with Gasteiger partial charge < -0.3 is 10.2 Å². The SMILES string of the molecule is CC(=O)NC[C@@H](c1ccc(N(C)C)cc1)S(=O)(=O)c1ccc(C)cc1. The average Bonchev–Trinajstić information content (AvgIpc) is 2.55. The number of anilines is 1. The van der Waals surface area contributed by atoms with Crippen molar-refractivity contribution in [1.82, 2.24) is 5.32 Å². The van der Waals surface area contributed by atoms with Crippen LogP contribution in [0.4, 0.5) is 5.69 Å². The Bertz CT molecular complexity index is 826. The van der Waals surface area contributed by atoms with Gasteiger partial charge in [0.05, 0.1) is 4.90 Å². The minimum Gasteiger partial charge on any atom is -0.378 e. The third-order valence-corrected chi connectivity index (χ3v) is 6.16. The first kappa shape index (κ1) is 19.0. The lowest BCUT2D eigenvalue weighted by Crippen LogP contribution is -2.30. The van der Waals surface area contributed by atoms with Gasteiger partial charge in [-0.2, -0.15) is 0 Å². The second-order valence-corrected chi connectivity index (χ2v) is 8.40. The molecule has 2 aromatic rings. The zero-order valence-corrected chi connectivity index (χ0v) is 15.8. The second-order valence-electron chi connectivity index (χ2n) is 6.27. The second kappa shape index (κ2) is 7.70. The van der Waals surface area contributed by atoms with Crippen LogP contribution in [0.3, 0.4) is 0 Å². The third kappa shape index (κ3) is 4.60. The maximum Gasteiger partial charge on any atom is 0.216 e. The fourth-order valence-electron chi connectivity index (χ4n) is 2.52. The van der Waals surface area contributed by atoms with E-state index in [0.29, 0.717) is 5.56 Å². The first-order valence-corrected chi connectivity index (χ1v) is 9.58. The normalized spacial score (nSPS) is 12.5. The van der Waals surface area contributed by atoms with Gasteiger partial charge in [0.1, 0.15) is 5.25 Å². The van der Waals surface area contributed by atoms with E-state index in [9.17, 15) is 13.2 Å². The third-order valence-electron chi connectivity index (χ3n) is 4.04. The Hall–Kier alpha value is -2.34. The van der Waals surface area contributed by atoms with E-state index in [1.54, 1.807) is 36.4 Å². The van der Waals surface area contributed by atoms with Crippen LogP contribution in [0.25, 0.3) is 0 Å². The lowest BCUT2D eigenvalue weighted by Gasteiger charge is -2.20. The maximum atomic E-state index is 13.1. The van der Waals surface area contributed by atoms with Crippen molar-refractivity contribution >= 4 is 21.4 Å². The van der Waals surface area contributed by atoms with E-state index < -0.39 is 15.1 Å². The van der Waals surface area contributed by atoms with Crippen molar-refractivity contribution in [2.24, 2.45) is 0 Å². The van der Waals surface area contributed by atoms with E-state index in [-0.39, 0.29) is 17.3 Å². The zero-order valence-electron chi connectivity index (χ0n) is 15.0. The highest BCUT2D eigenvalue weighted by Crippen LogP contribution is 2.30. The van der Waals surface area contributed by atoms with Crippen LogP contribution in [0.5, 0.6) is 0 Å². The summed E-state index contributed by atoms with van der Waals surface area (Å²) in [6.45, 7) is 3.32. The molecule has 0 heterocycles. The first-order valence-electron chi connectivity index (χ1n) is 8.04. The molecule has 0 aliphatic heterocycles. The van der Waals surface area contributed by atoms with Gasteiger partial charge in [0.25, 0.3) is 0 Å². The van der Waals surface area contributed by atoms with Gasteiger partial charge in [-0.15, -0.1) is 0 Å².